The average Bonchev–Trinajstić information content (AvgIpc) is 3.31. The summed E-state index contributed by atoms with van der Waals surface area (Å²) >= 11 is 0. The molecule has 2 heterocycles. The highest BCUT2D eigenvalue weighted by atomic mass is 16.6. The van der Waals surface area contributed by atoms with E-state index in [-0.39, 0.29) is 62.7 Å². The molecule has 2 saturated carbocycles. The Bertz CT molecular complexity index is 716. The minimum absolute atomic E-state index is 0. The number of carboxylic acid groups (broad SMARTS) is 1. The van der Waals surface area contributed by atoms with Crippen LogP contribution in [-0.4, -0.2) is 46.8 Å². The maximum Gasteiger partial charge on any atom is 0.310 e. The molecule has 8 nitrogen and oxygen atoms in total. The van der Waals surface area contributed by atoms with E-state index >= 15 is 0 Å². The molecule has 4 rings (SSSR count). The molecule has 0 aromatic carbocycles. The van der Waals surface area contributed by atoms with Gasteiger partial charge in [0, 0.05) is 0 Å². The monoisotopic (exact) mass is 456 g/mol. The molecule has 6 atom stereocenters. The summed E-state index contributed by atoms with van der Waals surface area (Å²) in [7, 11) is 0. The molecule has 184 valence electrons. The van der Waals surface area contributed by atoms with Gasteiger partial charge in [0.25, 0.3) is 0 Å². The number of hydrogen-bond acceptors (Lipinski definition) is 7. The summed E-state index contributed by atoms with van der Waals surface area (Å²) in [6.07, 6.45) is 2.25. The molecule has 0 amide bonds. The third-order valence-electron chi connectivity index (χ3n) is 5.24. The Kier molecular flexibility index (Phi) is 10.6. The van der Waals surface area contributed by atoms with Gasteiger partial charge in [-0.3, -0.25) is 19.2 Å². The van der Waals surface area contributed by atoms with Crippen molar-refractivity contribution in [1.82, 2.24) is 0 Å². The van der Waals surface area contributed by atoms with Crippen LogP contribution in [0.5, 0.6) is 0 Å². The molecular weight excluding hydrogens is 416 g/mol. The Labute approximate surface area is 191 Å². The van der Waals surface area contributed by atoms with Crippen molar-refractivity contribution in [3.63, 3.8) is 0 Å². The number of carbonyl (C=O) groups is 4. The Morgan fingerprint density at radius 1 is 0.906 bits per heavy atom. The quantitative estimate of drug-likeness (QED) is 0.374. The number of allylic oxidation sites excluding steroid dienone is 1. The maximum absolute atomic E-state index is 11.8. The van der Waals surface area contributed by atoms with Crippen molar-refractivity contribution in [1.29, 1.82) is 0 Å². The summed E-state index contributed by atoms with van der Waals surface area (Å²) in [6.45, 7) is 13.0. The molecule has 2 aliphatic carbocycles. The van der Waals surface area contributed by atoms with Gasteiger partial charge in [0.1, 0.15) is 17.8 Å². The second kappa shape index (κ2) is 11.5. The van der Waals surface area contributed by atoms with E-state index in [1.54, 1.807) is 0 Å². The van der Waals surface area contributed by atoms with Crippen LogP contribution in [0.3, 0.4) is 0 Å². The minimum Gasteiger partial charge on any atom is -0.481 e. The topological polar surface area (TPSA) is 116 Å². The van der Waals surface area contributed by atoms with Crippen molar-refractivity contribution in [2.24, 2.45) is 23.7 Å². The molecule has 1 N–H and O–H groups in total. The fourth-order valence-corrected chi connectivity index (χ4v) is 4.11. The van der Waals surface area contributed by atoms with E-state index in [4.69, 9.17) is 19.3 Å². The molecule has 0 aromatic heterocycles. The molecule has 32 heavy (non-hydrogen) atoms. The number of fused-ring (bicyclic) bond motifs is 4. The molecule has 0 spiro atoms. The molecular formula is C24H40O8. The lowest BCUT2D eigenvalue weighted by Crippen LogP contribution is -2.34. The summed E-state index contributed by atoms with van der Waals surface area (Å²) in [5.74, 6) is -3.07. The third-order valence-corrected chi connectivity index (χ3v) is 5.24. The molecule has 4 bridgehead atoms. The van der Waals surface area contributed by atoms with E-state index in [2.05, 4.69) is 6.58 Å². The van der Waals surface area contributed by atoms with Gasteiger partial charge in [0.15, 0.2) is 0 Å². The number of rotatable bonds is 2. The Balaban J connectivity index is 0.000000502. The van der Waals surface area contributed by atoms with Gasteiger partial charge in [-0.2, -0.15) is 0 Å². The van der Waals surface area contributed by atoms with Gasteiger partial charge in [-0.1, -0.05) is 20.4 Å². The molecule has 4 fully saturated rings. The number of ether oxygens (including phenoxy) is 3. The van der Waals surface area contributed by atoms with Crippen LogP contribution < -0.4 is 0 Å². The second-order valence-electron chi connectivity index (χ2n) is 9.57. The van der Waals surface area contributed by atoms with E-state index in [9.17, 15) is 19.2 Å². The molecule has 2 aliphatic heterocycles. The van der Waals surface area contributed by atoms with Gasteiger partial charge in [0.2, 0.25) is 0 Å². The van der Waals surface area contributed by atoms with Crippen LogP contribution in [0, 0.1) is 23.7 Å². The van der Waals surface area contributed by atoms with Crippen molar-refractivity contribution >= 4 is 23.9 Å². The Morgan fingerprint density at radius 2 is 1.28 bits per heavy atom. The number of carbonyl (C=O) groups excluding carboxylic acids is 3. The minimum atomic E-state index is -0.867. The molecule has 6 unspecified atom stereocenters. The van der Waals surface area contributed by atoms with Crippen LogP contribution >= 0.6 is 0 Å². The van der Waals surface area contributed by atoms with Crippen molar-refractivity contribution in [2.75, 3.05) is 0 Å². The van der Waals surface area contributed by atoms with Gasteiger partial charge in [-0.15, -0.1) is 6.58 Å². The normalized spacial score (nSPS) is 30.8. The van der Waals surface area contributed by atoms with Gasteiger partial charge in [-0.25, -0.2) is 0 Å². The summed E-state index contributed by atoms with van der Waals surface area (Å²) in [4.78, 5) is 44.4. The third kappa shape index (κ3) is 7.64. The number of esters is 3. The van der Waals surface area contributed by atoms with Crippen LogP contribution in [0.25, 0.3) is 0 Å². The van der Waals surface area contributed by atoms with Crippen LogP contribution in [0.2, 0.25) is 0 Å². The Morgan fingerprint density at radius 3 is 1.56 bits per heavy atom. The predicted octanol–water partition coefficient (Wildman–Crippen LogP) is 4.16. The van der Waals surface area contributed by atoms with Crippen LogP contribution in [0.1, 0.15) is 75.2 Å². The van der Waals surface area contributed by atoms with Crippen molar-refractivity contribution in [3.8, 4) is 0 Å². The molecule has 8 heteroatoms. The standard InChI is InChI=1S/C11H16O4.C7H8O4.C4H8.2CH4/c1-11(2,3)15-10(13)8-5-6-4-7(8)9(12)14-6;8-6(9)4-1-3-2-5(4)7(10)11-3;1-4(2)3;;/h6-8H,4-5H2,1-3H3;3-5H,1-2H2,(H,8,9);1H2,2-3H3;2*1H4. The van der Waals surface area contributed by atoms with E-state index in [1.165, 1.54) is 5.57 Å². The van der Waals surface area contributed by atoms with Gasteiger partial charge in [-0.05, 0) is 60.3 Å². The fourth-order valence-electron chi connectivity index (χ4n) is 4.11. The summed E-state index contributed by atoms with van der Waals surface area (Å²) in [6, 6.07) is 0. The molecule has 0 aromatic rings. The van der Waals surface area contributed by atoms with Crippen LogP contribution in [0.15, 0.2) is 12.2 Å². The summed E-state index contributed by atoms with van der Waals surface area (Å²) in [5, 5.41) is 8.65. The summed E-state index contributed by atoms with van der Waals surface area (Å²) in [5.41, 5.74) is 0.683. The molecule has 0 radical (unpaired) electrons. The van der Waals surface area contributed by atoms with E-state index in [0.29, 0.717) is 25.7 Å². The lowest BCUT2D eigenvalue weighted by Gasteiger charge is -2.25. The average molecular weight is 457 g/mol. The highest BCUT2D eigenvalue weighted by Gasteiger charge is 2.52. The van der Waals surface area contributed by atoms with E-state index < -0.39 is 17.5 Å². The van der Waals surface area contributed by atoms with Crippen molar-refractivity contribution in [3.05, 3.63) is 12.2 Å². The first-order valence-electron chi connectivity index (χ1n) is 10.3. The smallest absolute Gasteiger partial charge is 0.310 e. The number of carboxylic acids is 1. The summed E-state index contributed by atoms with van der Waals surface area (Å²) < 4.78 is 15.1. The van der Waals surface area contributed by atoms with Crippen LogP contribution in [0.4, 0.5) is 0 Å². The van der Waals surface area contributed by atoms with Crippen LogP contribution in [-0.2, 0) is 33.4 Å². The highest BCUT2D eigenvalue weighted by molar-refractivity contribution is 5.85. The van der Waals surface area contributed by atoms with Gasteiger partial charge < -0.3 is 19.3 Å². The fraction of sp³-hybridized carbons (Fsp3) is 0.750. The zero-order valence-corrected chi connectivity index (χ0v) is 18.3. The first-order chi connectivity index (χ1) is 13.8. The first kappa shape index (κ1) is 29.6. The number of hydrogen-bond donors (Lipinski definition) is 1. The highest BCUT2D eigenvalue weighted by Crippen LogP contribution is 2.42. The zero-order chi connectivity index (χ0) is 22.8. The van der Waals surface area contributed by atoms with Crippen molar-refractivity contribution in [2.45, 2.75) is 93.0 Å². The second-order valence-corrected chi connectivity index (χ2v) is 9.57. The lowest BCUT2D eigenvalue weighted by molar-refractivity contribution is -0.169. The largest absolute Gasteiger partial charge is 0.481 e. The SMILES string of the molecule is C.C.C=C(C)C.CC(C)(C)OC(=O)C1CC2CC1C(=O)O2.O=C(O)C1CC2CC1C(=O)O2. The lowest BCUT2D eigenvalue weighted by atomic mass is 9.96. The van der Waals surface area contributed by atoms with E-state index in [1.807, 2.05) is 34.6 Å². The predicted molar refractivity (Wildman–Crippen MR) is 120 cm³/mol. The zero-order valence-electron chi connectivity index (χ0n) is 18.3. The van der Waals surface area contributed by atoms with Gasteiger partial charge in [0.05, 0.1) is 23.7 Å². The Hall–Kier alpha value is -2.38. The molecule has 4 aliphatic rings. The number of aliphatic carboxylic acids is 1. The van der Waals surface area contributed by atoms with Gasteiger partial charge >= 0.3 is 23.9 Å². The maximum atomic E-state index is 11.8. The molecule has 2 saturated heterocycles. The van der Waals surface area contributed by atoms with Crippen molar-refractivity contribution < 1.29 is 38.5 Å². The first-order valence-corrected chi connectivity index (χ1v) is 10.3. The van der Waals surface area contributed by atoms with E-state index in [0.717, 1.165) is 0 Å².